The van der Waals surface area contributed by atoms with Crippen LogP contribution in [-0.2, 0) is 0 Å². The smallest absolute Gasteiger partial charge is 0.0831 e. The lowest BCUT2D eigenvalue weighted by Gasteiger charge is -2.09. The van der Waals surface area contributed by atoms with Crippen LogP contribution >= 0.6 is 11.6 Å². The van der Waals surface area contributed by atoms with E-state index in [0.717, 1.165) is 10.7 Å². The molecule has 1 aromatic heterocycles. The fraction of sp³-hybridized carbons (Fsp3) is 0.250. The van der Waals surface area contributed by atoms with Crippen molar-refractivity contribution < 1.29 is 0 Å². The van der Waals surface area contributed by atoms with Gasteiger partial charge >= 0.3 is 0 Å². The van der Waals surface area contributed by atoms with Gasteiger partial charge in [-0.05, 0) is 29.7 Å². The molecule has 2 nitrogen and oxygen atoms in total. The van der Waals surface area contributed by atoms with Gasteiger partial charge in [-0.25, -0.2) is 4.68 Å². The average molecular weight is 221 g/mol. The number of nitrogens with zero attached hydrogens (tertiary/aromatic N) is 2. The van der Waals surface area contributed by atoms with Crippen molar-refractivity contribution in [3.63, 3.8) is 0 Å². The maximum atomic E-state index is 6.20. The molecule has 78 valence electrons. The molecule has 0 saturated heterocycles. The third-order valence-corrected chi connectivity index (χ3v) is 2.69. The van der Waals surface area contributed by atoms with Crippen molar-refractivity contribution in [2.24, 2.45) is 0 Å². The predicted octanol–water partition coefficient (Wildman–Crippen LogP) is 3.65. The van der Waals surface area contributed by atoms with E-state index in [1.54, 1.807) is 10.9 Å². The van der Waals surface area contributed by atoms with Gasteiger partial charge in [0.1, 0.15) is 0 Å². The first-order chi connectivity index (χ1) is 7.18. The van der Waals surface area contributed by atoms with Gasteiger partial charge in [0, 0.05) is 12.4 Å². The molecule has 0 N–H and O–H groups in total. The molecule has 0 unspecified atom stereocenters. The minimum Gasteiger partial charge on any atom is -0.239 e. The fourth-order valence-corrected chi connectivity index (χ4v) is 1.75. The summed E-state index contributed by atoms with van der Waals surface area (Å²) in [5.41, 5.74) is 2.17. The standard InChI is InChI=1S/C12H13ClN2/c1-9(2)10-4-5-12(11(13)8-10)15-7-3-6-14-15/h3-9H,1-2H3. The largest absolute Gasteiger partial charge is 0.239 e. The van der Waals surface area contributed by atoms with Gasteiger partial charge in [0.25, 0.3) is 0 Å². The van der Waals surface area contributed by atoms with E-state index in [2.05, 4.69) is 25.0 Å². The molecule has 0 aliphatic heterocycles. The quantitative estimate of drug-likeness (QED) is 0.756. The van der Waals surface area contributed by atoms with Crippen LogP contribution in [0.5, 0.6) is 0 Å². The van der Waals surface area contributed by atoms with E-state index in [1.807, 2.05) is 24.4 Å². The molecule has 2 rings (SSSR count). The minimum atomic E-state index is 0.495. The number of hydrogen-bond donors (Lipinski definition) is 0. The number of rotatable bonds is 2. The van der Waals surface area contributed by atoms with Crippen LogP contribution in [0.15, 0.2) is 36.7 Å². The van der Waals surface area contributed by atoms with Crippen LogP contribution in [0.2, 0.25) is 5.02 Å². The second-order valence-electron chi connectivity index (χ2n) is 3.82. The second-order valence-corrected chi connectivity index (χ2v) is 4.22. The van der Waals surface area contributed by atoms with E-state index in [1.165, 1.54) is 5.56 Å². The molecule has 1 heterocycles. The molecule has 0 bridgehead atoms. The summed E-state index contributed by atoms with van der Waals surface area (Å²) in [6.45, 7) is 4.30. The van der Waals surface area contributed by atoms with Crippen LogP contribution in [-0.4, -0.2) is 9.78 Å². The highest BCUT2D eigenvalue weighted by Crippen LogP contribution is 2.24. The van der Waals surface area contributed by atoms with E-state index >= 15 is 0 Å². The third-order valence-electron chi connectivity index (χ3n) is 2.39. The first-order valence-electron chi connectivity index (χ1n) is 4.98. The first-order valence-corrected chi connectivity index (χ1v) is 5.36. The van der Waals surface area contributed by atoms with Crippen LogP contribution in [0, 0.1) is 0 Å². The van der Waals surface area contributed by atoms with Crippen LogP contribution < -0.4 is 0 Å². The Kier molecular flexibility index (Phi) is 2.78. The Morgan fingerprint density at radius 2 is 2.13 bits per heavy atom. The molecule has 15 heavy (non-hydrogen) atoms. The average Bonchev–Trinajstić information content (AvgIpc) is 2.70. The third kappa shape index (κ3) is 2.05. The lowest BCUT2D eigenvalue weighted by atomic mass is 10.0. The molecule has 0 amide bonds. The molecule has 0 saturated carbocycles. The zero-order valence-corrected chi connectivity index (χ0v) is 9.57. The molecular formula is C12H13ClN2. The van der Waals surface area contributed by atoms with Crippen LogP contribution in [0.3, 0.4) is 0 Å². The van der Waals surface area contributed by atoms with Crippen molar-refractivity contribution >= 4 is 11.6 Å². The highest BCUT2D eigenvalue weighted by Gasteiger charge is 2.05. The minimum absolute atomic E-state index is 0.495. The predicted molar refractivity (Wildman–Crippen MR) is 62.7 cm³/mol. The van der Waals surface area contributed by atoms with Crippen molar-refractivity contribution in [3.05, 3.63) is 47.2 Å². The Labute approximate surface area is 94.5 Å². The summed E-state index contributed by atoms with van der Waals surface area (Å²) in [7, 11) is 0. The zero-order valence-electron chi connectivity index (χ0n) is 8.81. The van der Waals surface area contributed by atoms with Crippen molar-refractivity contribution in [1.29, 1.82) is 0 Å². The Morgan fingerprint density at radius 3 is 2.67 bits per heavy atom. The van der Waals surface area contributed by atoms with Gasteiger partial charge in [-0.15, -0.1) is 0 Å². The van der Waals surface area contributed by atoms with E-state index in [-0.39, 0.29) is 0 Å². The lowest BCUT2D eigenvalue weighted by Crippen LogP contribution is -1.96. The maximum absolute atomic E-state index is 6.20. The number of hydrogen-bond acceptors (Lipinski definition) is 1. The second kappa shape index (κ2) is 4.07. The molecule has 1 aromatic carbocycles. The fourth-order valence-electron chi connectivity index (χ4n) is 1.48. The Bertz CT molecular complexity index is 447. The number of halogens is 1. The molecule has 0 atom stereocenters. The van der Waals surface area contributed by atoms with Gasteiger partial charge in [0.15, 0.2) is 0 Å². The van der Waals surface area contributed by atoms with Crippen molar-refractivity contribution in [2.75, 3.05) is 0 Å². The Hall–Kier alpha value is -1.28. The van der Waals surface area contributed by atoms with Gasteiger partial charge in [-0.3, -0.25) is 0 Å². The summed E-state index contributed by atoms with van der Waals surface area (Å²) in [6, 6.07) is 7.98. The number of benzene rings is 1. The molecule has 0 aliphatic rings. The number of aromatic nitrogens is 2. The molecular weight excluding hydrogens is 208 g/mol. The first kappa shape index (κ1) is 10.2. The Balaban J connectivity index is 2.44. The summed E-state index contributed by atoms with van der Waals surface area (Å²) in [4.78, 5) is 0. The van der Waals surface area contributed by atoms with Gasteiger partial charge in [0.2, 0.25) is 0 Å². The van der Waals surface area contributed by atoms with Crippen molar-refractivity contribution in [2.45, 2.75) is 19.8 Å². The highest BCUT2D eigenvalue weighted by molar-refractivity contribution is 6.32. The molecule has 0 radical (unpaired) electrons. The summed E-state index contributed by atoms with van der Waals surface area (Å²) in [5, 5.41) is 4.89. The summed E-state index contributed by atoms with van der Waals surface area (Å²) in [5.74, 6) is 0.495. The van der Waals surface area contributed by atoms with Crippen LogP contribution in [0.4, 0.5) is 0 Å². The Morgan fingerprint density at radius 1 is 1.33 bits per heavy atom. The lowest BCUT2D eigenvalue weighted by molar-refractivity contribution is 0.854. The van der Waals surface area contributed by atoms with Gasteiger partial charge in [-0.2, -0.15) is 5.10 Å². The molecule has 0 spiro atoms. The van der Waals surface area contributed by atoms with Gasteiger partial charge in [0.05, 0.1) is 10.7 Å². The normalized spacial score (nSPS) is 10.9. The van der Waals surface area contributed by atoms with Crippen LogP contribution in [0.25, 0.3) is 5.69 Å². The SMILES string of the molecule is CC(C)c1ccc(-n2cccn2)c(Cl)c1. The topological polar surface area (TPSA) is 17.8 Å². The summed E-state index contributed by atoms with van der Waals surface area (Å²) >= 11 is 6.20. The molecule has 0 fully saturated rings. The highest BCUT2D eigenvalue weighted by atomic mass is 35.5. The summed E-state index contributed by atoms with van der Waals surface area (Å²) < 4.78 is 1.77. The van der Waals surface area contributed by atoms with Crippen molar-refractivity contribution in [3.8, 4) is 5.69 Å². The summed E-state index contributed by atoms with van der Waals surface area (Å²) in [6.07, 6.45) is 3.63. The monoisotopic (exact) mass is 220 g/mol. The van der Waals surface area contributed by atoms with E-state index in [4.69, 9.17) is 11.6 Å². The van der Waals surface area contributed by atoms with E-state index < -0.39 is 0 Å². The van der Waals surface area contributed by atoms with Crippen LogP contribution in [0.1, 0.15) is 25.3 Å². The van der Waals surface area contributed by atoms with E-state index in [0.29, 0.717) is 5.92 Å². The molecule has 2 aromatic rings. The molecule has 3 heteroatoms. The van der Waals surface area contributed by atoms with E-state index in [9.17, 15) is 0 Å². The van der Waals surface area contributed by atoms with Gasteiger partial charge in [-0.1, -0.05) is 31.5 Å². The van der Waals surface area contributed by atoms with Crippen molar-refractivity contribution in [1.82, 2.24) is 9.78 Å². The maximum Gasteiger partial charge on any atom is 0.0831 e. The van der Waals surface area contributed by atoms with Gasteiger partial charge < -0.3 is 0 Å². The molecule has 0 aliphatic carbocycles. The zero-order chi connectivity index (χ0) is 10.8.